The van der Waals surface area contributed by atoms with Gasteiger partial charge in [0.25, 0.3) is 0 Å². The molecule has 1 fully saturated rings. The van der Waals surface area contributed by atoms with Crippen LogP contribution in [-0.4, -0.2) is 0 Å². The quantitative estimate of drug-likeness (QED) is 0.697. The van der Waals surface area contributed by atoms with Gasteiger partial charge in [0.2, 0.25) is 0 Å². The molecule has 16 heavy (non-hydrogen) atoms. The molecule has 0 aromatic heterocycles. The summed E-state index contributed by atoms with van der Waals surface area (Å²) in [4.78, 5) is 0. The lowest BCUT2D eigenvalue weighted by Gasteiger charge is -2.18. The molecule has 0 N–H and O–H groups in total. The number of benzene rings is 1. The first-order chi connectivity index (χ1) is 7.88. The highest BCUT2D eigenvalue weighted by atomic mass is 14.4. The first-order valence-electron chi connectivity index (χ1n) is 6.33. The van der Waals surface area contributed by atoms with Crippen molar-refractivity contribution in [1.29, 1.82) is 0 Å². The van der Waals surface area contributed by atoms with Crippen molar-refractivity contribution >= 4 is 0 Å². The molecular formula is C16H18. The summed E-state index contributed by atoms with van der Waals surface area (Å²) < 4.78 is 0. The van der Waals surface area contributed by atoms with E-state index in [-0.39, 0.29) is 0 Å². The third-order valence-electron chi connectivity index (χ3n) is 3.85. The predicted molar refractivity (Wildman–Crippen MR) is 68.3 cm³/mol. The van der Waals surface area contributed by atoms with E-state index < -0.39 is 0 Å². The molecular weight excluding hydrogens is 192 g/mol. The second-order valence-electron chi connectivity index (χ2n) is 4.96. The van der Waals surface area contributed by atoms with Crippen LogP contribution in [0.15, 0.2) is 54.1 Å². The van der Waals surface area contributed by atoms with Crippen LogP contribution in [0.25, 0.3) is 0 Å². The average molecular weight is 210 g/mol. The molecule has 0 heterocycles. The van der Waals surface area contributed by atoms with Crippen molar-refractivity contribution in [2.45, 2.75) is 25.7 Å². The third-order valence-corrected chi connectivity index (χ3v) is 3.85. The van der Waals surface area contributed by atoms with Gasteiger partial charge in [-0.3, -0.25) is 0 Å². The highest BCUT2D eigenvalue weighted by Gasteiger charge is 2.35. The molecule has 82 valence electrons. The summed E-state index contributed by atoms with van der Waals surface area (Å²) in [6.07, 6.45) is 9.84. The van der Waals surface area contributed by atoms with Crippen LogP contribution in [0.4, 0.5) is 0 Å². The van der Waals surface area contributed by atoms with Gasteiger partial charge in [-0.1, -0.05) is 55.5 Å². The van der Waals surface area contributed by atoms with Crippen molar-refractivity contribution in [1.82, 2.24) is 0 Å². The fourth-order valence-electron chi connectivity index (χ4n) is 2.77. The van der Waals surface area contributed by atoms with Crippen LogP contribution in [-0.2, 0) is 0 Å². The van der Waals surface area contributed by atoms with Gasteiger partial charge in [0.15, 0.2) is 0 Å². The summed E-state index contributed by atoms with van der Waals surface area (Å²) in [7, 11) is 0. The minimum atomic E-state index is 0.596. The number of hydrogen-bond acceptors (Lipinski definition) is 0. The summed E-state index contributed by atoms with van der Waals surface area (Å²) in [5.74, 6) is 2.33. The maximum Gasteiger partial charge on any atom is 0.00835 e. The maximum atomic E-state index is 2.51. The largest absolute Gasteiger partial charge is 0.0805 e. The normalized spacial score (nSPS) is 28.2. The monoisotopic (exact) mass is 210 g/mol. The Hall–Kier alpha value is -1.30. The van der Waals surface area contributed by atoms with Gasteiger partial charge in [0, 0.05) is 5.92 Å². The zero-order chi connectivity index (χ0) is 11.0. The Morgan fingerprint density at radius 2 is 2.00 bits per heavy atom. The van der Waals surface area contributed by atoms with Crippen molar-refractivity contribution in [3.8, 4) is 0 Å². The zero-order valence-electron chi connectivity index (χ0n) is 9.77. The molecule has 0 radical (unpaired) electrons. The van der Waals surface area contributed by atoms with Crippen LogP contribution in [0.1, 0.15) is 31.2 Å². The molecule has 0 bridgehead atoms. The molecule has 3 atom stereocenters. The zero-order valence-corrected chi connectivity index (χ0v) is 9.77. The number of rotatable bonds is 3. The standard InChI is InChI=1S/C16H18/c1-2-16(12-6-4-3-5-7-12)14-9-8-13-10-15(13)11-14/h3-9,11,13,15-16H,2,10H2,1H3. The van der Waals surface area contributed by atoms with Crippen LogP contribution < -0.4 is 0 Å². The van der Waals surface area contributed by atoms with Crippen LogP contribution in [0.3, 0.4) is 0 Å². The Morgan fingerprint density at radius 1 is 1.19 bits per heavy atom. The fourth-order valence-corrected chi connectivity index (χ4v) is 2.77. The van der Waals surface area contributed by atoms with Gasteiger partial charge in [0.05, 0.1) is 0 Å². The lowest BCUT2D eigenvalue weighted by atomic mass is 9.86. The summed E-state index contributed by atoms with van der Waals surface area (Å²) in [5.41, 5.74) is 2.99. The van der Waals surface area contributed by atoms with E-state index in [4.69, 9.17) is 0 Å². The highest BCUT2D eigenvalue weighted by molar-refractivity contribution is 5.39. The van der Waals surface area contributed by atoms with E-state index in [1.165, 1.54) is 24.0 Å². The molecule has 1 aromatic carbocycles. The number of fused-ring (bicyclic) bond motifs is 1. The van der Waals surface area contributed by atoms with Crippen LogP contribution in [0.2, 0.25) is 0 Å². The molecule has 0 saturated heterocycles. The van der Waals surface area contributed by atoms with Gasteiger partial charge in [0.1, 0.15) is 0 Å². The smallest absolute Gasteiger partial charge is 0.00835 e. The van der Waals surface area contributed by atoms with Crippen LogP contribution >= 0.6 is 0 Å². The molecule has 1 saturated carbocycles. The Morgan fingerprint density at radius 3 is 2.69 bits per heavy atom. The highest BCUT2D eigenvalue weighted by Crippen LogP contribution is 2.46. The van der Waals surface area contributed by atoms with Gasteiger partial charge in [-0.15, -0.1) is 0 Å². The lowest BCUT2D eigenvalue weighted by molar-refractivity contribution is 0.759. The second kappa shape index (κ2) is 3.93. The summed E-state index contributed by atoms with van der Waals surface area (Å²) in [5, 5.41) is 0. The van der Waals surface area contributed by atoms with Gasteiger partial charge in [-0.2, -0.15) is 0 Å². The second-order valence-corrected chi connectivity index (χ2v) is 4.96. The lowest BCUT2D eigenvalue weighted by Crippen LogP contribution is -2.02. The van der Waals surface area contributed by atoms with Crippen LogP contribution in [0, 0.1) is 11.8 Å². The van der Waals surface area contributed by atoms with E-state index in [0.29, 0.717) is 5.92 Å². The van der Waals surface area contributed by atoms with Crippen LogP contribution in [0.5, 0.6) is 0 Å². The van der Waals surface area contributed by atoms with E-state index in [1.807, 2.05) is 0 Å². The average Bonchev–Trinajstić information content (AvgIpc) is 3.10. The van der Waals surface area contributed by atoms with Crippen molar-refractivity contribution in [2.75, 3.05) is 0 Å². The van der Waals surface area contributed by atoms with E-state index in [2.05, 4.69) is 55.5 Å². The molecule has 0 amide bonds. The van der Waals surface area contributed by atoms with Gasteiger partial charge in [-0.25, -0.2) is 0 Å². The Bertz CT molecular complexity index is 425. The van der Waals surface area contributed by atoms with E-state index >= 15 is 0 Å². The maximum absolute atomic E-state index is 2.51. The first-order valence-corrected chi connectivity index (χ1v) is 6.33. The van der Waals surface area contributed by atoms with E-state index in [1.54, 1.807) is 0 Å². The summed E-state index contributed by atoms with van der Waals surface area (Å²) >= 11 is 0. The molecule has 2 aliphatic carbocycles. The van der Waals surface area contributed by atoms with Gasteiger partial charge >= 0.3 is 0 Å². The fraction of sp³-hybridized carbons (Fsp3) is 0.375. The van der Waals surface area contributed by atoms with Crippen molar-refractivity contribution in [3.63, 3.8) is 0 Å². The number of allylic oxidation sites excluding steroid dienone is 4. The Balaban J connectivity index is 1.89. The molecule has 0 aliphatic heterocycles. The van der Waals surface area contributed by atoms with Gasteiger partial charge in [-0.05, 0) is 35.8 Å². The summed E-state index contributed by atoms with van der Waals surface area (Å²) in [6, 6.07) is 10.9. The molecule has 3 unspecified atom stereocenters. The molecule has 0 spiro atoms. The van der Waals surface area contributed by atoms with E-state index in [0.717, 1.165) is 11.8 Å². The number of hydrogen-bond donors (Lipinski definition) is 0. The molecule has 1 aromatic rings. The van der Waals surface area contributed by atoms with Crippen molar-refractivity contribution in [2.24, 2.45) is 11.8 Å². The molecule has 0 nitrogen and oxygen atoms in total. The predicted octanol–water partition coefficient (Wildman–Crippen LogP) is 4.31. The Kier molecular flexibility index (Phi) is 2.43. The van der Waals surface area contributed by atoms with Gasteiger partial charge < -0.3 is 0 Å². The van der Waals surface area contributed by atoms with Crippen molar-refractivity contribution in [3.05, 3.63) is 59.7 Å². The Labute approximate surface area is 97.7 Å². The SMILES string of the molecule is CCC(C1=CC2CC2C=C1)c1ccccc1. The molecule has 2 aliphatic rings. The summed E-state index contributed by atoms with van der Waals surface area (Å²) in [6.45, 7) is 2.28. The van der Waals surface area contributed by atoms with E-state index in [9.17, 15) is 0 Å². The molecule has 0 heteroatoms. The topological polar surface area (TPSA) is 0 Å². The molecule has 3 rings (SSSR count). The minimum absolute atomic E-state index is 0.596. The van der Waals surface area contributed by atoms with Crippen molar-refractivity contribution < 1.29 is 0 Å². The first kappa shape index (κ1) is 9.89. The minimum Gasteiger partial charge on any atom is -0.0805 e. The third kappa shape index (κ3) is 1.73.